The third kappa shape index (κ3) is 14.3. The second-order valence-corrected chi connectivity index (χ2v) is 12.5. The molecule has 7 nitrogen and oxygen atoms in total. The quantitative estimate of drug-likeness (QED) is 0.152. The highest BCUT2D eigenvalue weighted by atomic mass is 32.1. The number of amides is 2. The Kier molecular flexibility index (Phi) is 16.6. The number of nitrogens with one attached hydrogen (secondary N) is 1. The van der Waals surface area contributed by atoms with Crippen LogP contribution in [0.1, 0.15) is 61.6 Å². The van der Waals surface area contributed by atoms with E-state index in [4.69, 9.17) is 0 Å². The fraction of sp³-hybridized carbons (Fsp3) is 0.472. The zero-order valence-corrected chi connectivity index (χ0v) is 29.3. The number of rotatable bonds is 11. The van der Waals surface area contributed by atoms with Gasteiger partial charge in [0.05, 0.1) is 16.6 Å². The molecule has 1 N–H and O–H groups in total. The summed E-state index contributed by atoms with van der Waals surface area (Å²) in [5.41, 5.74) is 2.88. The Morgan fingerprint density at radius 3 is 2.45 bits per heavy atom. The lowest BCUT2D eigenvalue weighted by molar-refractivity contribution is -0.113. The molecule has 256 valence electrons. The molecular weight excluding hydrogens is 623 g/mol. The van der Waals surface area contributed by atoms with Crippen LogP contribution in [-0.2, 0) is 11.2 Å². The number of nitrogens with zero attached hydrogens (tertiary/aromatic N) is 4. The Labute approximate surface area is 282 Å². The normalized spacial score (nSPS) is 14.4. The van der Waals surface area contributed by atoms with Crippen LogP contribution < -0.4 is 5.32 Å². The molecule has 47 heavy (non-hydrogen) atoms. The molecular formula is C36H48F3N5O2S. The summed E-state index contributed by atoms with van der Waals surface area (Å²) < 4.78 is 37.5. The van der Waals surface area contributed by atoms with Crippen LogP contribution >= 0.6 is 11.3 Å². The third-order valence-electron chi connectivity index (χ3n) is 7.50. The van der Waals surface area contributed by atoms with Crippen molar-refractivity contribution < 1.29 is 22.8 Å². The average Bonchev–Trinajstić information content (AvgIpc) is 3.47. The third-order valence-corrected chi connectivity index (χ3v) is 8.33. The average molecular weight is 672 g/mol. The van der Waals surface area contributed by atoms with E-state index in [1.54, 1.807) is 18.0 Å². The smallest absolute Gasteiger partial charge is 0.326 e. The number of carbonyl (C=O) groups is 2. The number of anilines is 1. The van der Waals surface area contributed by atoms with Crippen LogP contribution in [0.2, 0.25) is 0 Å². The molecule has 0 bridgehead atoms. The number of benzene rings is 1. The van der Waals surface area contributed by atoms with E-state index in [2.05, 4.69) is 77.6 Å². The zero-order valence-electron chi connectivity index (χ0n) is 28.5. The van der Waals surface area contributed by atoms with Gasteiger partial charge in [-0.15, -0.1) is 0 Å². The van der Waals surface area contributed by atoms with Crippen molar-refractivity contribution in [2.75, 3.05) is 58.7 Å². The van der Waals surface area contributed by atoms with Crippen LogP contribution in [0.25, 0.3) is 0 Å². The molecule has 0 aliphatic carbocycles. The molecule has 0 saturated carbocycles. The highest BCUT2D eigenvalue weighted by molar-refractivity contribution is 7.16. The fourth-order valence-corrected chi connectivity index (χ4v) is 5.24. The van der Waals surface area contributed by atoms with Gasteiger partial charge in [-0.25, -0.2) is 9.78 Å². The van der Waals surface area contributed by atoms with Crippen LogP contribution in [0.3, 0.4) is 0 Å². The van der Waals surface area contributed by atoms with Gasteiger partial charge in [-0.05, 0) is 68.5 Å². The second kappa shape index (κ2) is 19.8. The van der Waals surface area contributed by atoms with Gasteiger partial charge in [0.2, 0.25) is 0 Å². The number of alkyl halides is 3. The molecule has 2 amide bonds. The lowest BCUT2D eigenvalue weighted by Gasteiger charge is -2.33. The Hall–Kier alpha value is -3.72. The number of allylic oxidation sites excluding steroid dienone is 5. The van der Waals surface area contributed by atoms with E-state index in [1.807, 2.05) is 7.05 Å². The lowest BCUT2D eigenvalue weighted by atomic mass is 10.0. The van der Waals surface area contributed by atoms with Crippen molar-refractivity contribution in [1.82, 2.24) is 19.7 Å². The summed E-state index contributed by atoms with van der Waals surface area (Å²) in [6.45, 7) is 16.4. The highest BCUT2D eigenvalue weighted by Crippen LogP contribution is 2.28. The maximum absolute atomic E-state index is 12.5. The first-order valence-corrected chi connectivity index (χ1v) is 16.7. The predicted molar refractivity (Wildman–Crippen MR) is 187 cm³/mol. The topological polar surface area (TPSA) is 68.8 Å². The van der Waals surface area contributed by atoms with Gasteiger partial charge in [-0.1, -0.05) is 74.8 Å². The summed E-state index contributed by atoms with van der Waals surface area (Å²) in [5, 5.41) is 3.47. The van der Waals surface area contributed by atoms with Crippen molar-refractivity contribution in [3.63, 3.8) is 0 Å². The van der Waals surface area contributed by atoms with E-state index in [1.165, 1.54) is 29.4 Å². The number of aromatic nitrogens is 1. The van der Waals surface area contributed by atoms with Gasteiger partial charge < -0.3 is 9.80 Å². The van der Waals surface area contributed by atoms with Crippen molar-refractivity contribution in [2.24, 2.45) is 0 Å². The molecule has 2 aromatic rings. The Balaban J connectivity index is 0.000000407. The maximum atomic E-state index is 12.5. The van der Waals surface area contributed by atoms with Gasteiger partial charge in [0.25, 0.3) is 0 Å². The van der Waals surface area contributed by atoms with Gasteiger partial charge in [0.15, 0.2) is 10.9 Å². The standard InChI is InChI=1S/C24H33N5OS.C12H15F3O/c1-5-6-20-8-7-19(2)21(17-20)9-10-22-18-25-23(31-22)26-24(30)28(4)13-16-29-14-11-27(3)12-15-29;1-4-6-10(9(3)16)8-11(7-5-2)12(13,14)15/h7-8,17-18H,5-6,11-16H2,1-4H3,(H,25,26,30);5,7-8H,2,4,6H2,1,3H3/b;10-8+,11-7+. The van der Waals surface area contributed by atoms with Crippen LogP contribution in [0.5, 0.6) is 0 Å². The van der Waals surface area contributed by atoms with E-state index in [0.717, 1.165) is 74.2 Å². The number of ketones is 1. The number of urea groups is 1. The number of aryl methyl sites for hydroxylation is 2. The summed E-state index contributed by atoms with van der Waals surface area (Å²) in [6, 6.07) is 6.34. The maximum Gasteiger partial charge on any atom is 0.416 e. The highest BCUT2D eigenvalue weighted by Gasteiger charge is 2.32. The van der Waals surface area contributed by atoms with Gasteiger partial charge in [0.1, 0.15) is 0 Å². The minimum Gasteiger partial charge on any atom is -0.326 e. The molecule has 1 aliphatic rings. The number of likely N-dealkylation sites (N-methyl/N-ethyl adjacent to an activating group) is 2. The Bertz CT molecular complexity index is 1460. The molecule has 1 aliphatic heterocycles. The molecule has 0 radical (unpaired) electrons. The molecule has 3 rings (SSSR count). The summed E-state index contributed by atoms with van der Waals surface area (Å²) in [5.74, 6) is 6.13. The van der Waals surface area contributed by atoms with Crippen molar-refractivity contribution in [1.29, 1.82) is 0 Å². The number of Topliss-reactive ketones (excluding diaryl/α,β-unsaturated/α-hetero) is 1. The van der Waals surface area contributed by atoms with E-state index < -0.39 is 11.7 Å². The van der Waals surface area contributed by atoms with Crippen LogP contribution in [0.4, 0.5) is 23.1 Å². The van der Waals surface area contributed by atoms with Gasteiger partial charge in [-0.3, -0.25) is 15.0 Å². The molecule has 1 aromatic heterocycles. The largest absolute Gasteiger partial charge is 0.416 e. The molecule has 2 heterocycles. The Morgan fingerprint density at radius 1 is 1.15 bits per heavy atom. The van der Waals surface area contributed by atoms with Gasteiger partial charge in [-0.2, -0.15) is 13.2 Å². The molecule has 11 heteroatoms. The molecule has 0 atom stereocenters. The first kappa shape index (κ1) is 39.5. The zero-order chi connectivity index (χ0) is 35.0. The first-order valence-electron chi connectivity index (χ1n) is 15.9. The molecule has 1 saturated heterocycles. The second-order valence-electron chi connectivity index (χ2n) is 11.5. The molecule has 1 fully saturated rings. The number of thiazole rings is 1. The number of piperazine rings is 1. The number of hydrogen-bond acceptors (Lipinski definition) is 6. The minimum absolute atomic E-state index is 0.133. The minimum atomic E-state index is -4.46. The van der Waals surface area contributed by atoms with Crippen molar-refractivity contribution in [2.45, 2.75) is 59.6 Å². The summed E-state index contributed by atoms with van der Waals surface area (Å²) in [7, 11) is 3.97. The summed E-state index contributed by atoms with van der Waals surface area (Å²) in [4.78, 5) is 35.2. The summed E-state index contributed by atoms with van der Waals surface area (Å²) in [6.07, 6.45) is 3.25. The van der Waals surface area contributed by atoms with Gasteiger partial charge >= 0.3 is 12.2 Å². The Morgan fingerprint density at radius 2 is 1.85 bits per heavy atom. The summed E-state index contributed by atoms with van der Waals surface area (Å²) >= 11 is 1.41. The van der Waals surface area contributed by atoms with E-state index in [0.29, 0.717) is 24.5 Å². The number of halogens is 3. The number of carbonyl (C=O) groups excluding carboxylic acids is 2. The SMILES string of the molecule is C=C/C=C(\C=C(/CCC)C(C)=O)C(F)(F)F.CCCc1ccc(C)c(C#Cc2cnc(NC(=O)N(C)CCN3CCN(C)CC3)s2)c1. The lowest BCUT2D eigenvalue weighted by Crippen LogP contribution is -2.47. The van der Waals surface area contributed by atoms with Crippen LogP contribution in [-0.4, -0.2) is 91.0 Å². The van der Waals surface area contributed by atoms with Crippen LogP contribution in [0, 0.1) is 18.8 Å². The first-order chi connectivity index (χ1) is 22.3. The fourth-order valence-electron chi connectivity index (χ4n) is 4.58. The van der Waals surface area contributed by atoms with Crippen molar-refractivity contribution in [3.05, 3.63) is 81.9 Å². The molecule has 0 unspecified atom stereocenters. The van der Waals surface area contributed by atoms with Crippen molar-refractivity contribution >= 4 is 28.3 Å². The van der Waals surface area contributed by atoms with E-state index in [-0.39, 0.29) is 17.4 Å². The molecule has 1 aromatic carbocycles. The number of hydrogen-bond donors (Lipinski definition) is 1. The van der Waals surface area contributed by atoms with Crippen molar-refractivity contribution in [3.8, 4) is 11.8 Å². The molecule has 0 spiro atoms. The van der Waals surface area contributed by atoms with Gasteiger partial charge in [0, 0.05) is 51.9 Å². The monoisotopic (exact) mass is 671 g/mol. The van der Waals surface area contributed by atoms with E-state index >= 15 is 0 Å². The predicted octanol–water partition coefficient (Wildman–Crippen LogP) is 7.49. The van der Waals surface area contributed by atoms with E-state index in [9.17, 15) is 22.8 Å². The van der Waals surface area contributed by atoms with Crippen LogP contribution in [0.15, 0.2) is 60.3 Å².